The zero-order valence-electron chi connectivity index (χ0n) is 10.0. The summed E-state index contributed by atoms with van der Waals surface area (Å²) in [6.45, 7) is 0. The van der Waals surface area contributed by atoms with E-state index in [9.17, 15) is 9.90 Å². The van der Waals surface area contributed by atoms with Crippen LogP contribution in [0.5, 0.6) is 0 Å². The van der Waals surface area contributed by atoms with E-state index in [1.807, 2.05) is 0 Å². The minimum atomic E-state index is -0.435. The van der Waals surface area contributed by atoms with Gasteiger partial charge in [0.05, 0.1) is 12.1 Å². The summed E-state index contributed by atoms with van der Waals surface area (Å²) in [5.41, 5.74) is 6.80. The minimum Gasteiger partial charge on any atom is -0.398 e. The molecule has 1 aromatic rings. The summed E-state index contributed by atoms with van der Waals surface area (Å²) in [5.74, 6) is -0.180. The maximum absolute atomic E-state index is 12.0. The fourth-order valence-corrected chi connectivity index (χ4v) is 2.46. The molecule has 0 aliphatic heterocycles. The lowest BCUT2D eigenvalue weighted by atomic mass is 9.92. The van der Waals surface area contributed by atoms with Gasteiger partial charge < -0.3 is 16.2 Å². The highest BCUT2D eigenvalue weighted by Crippen LogP contribution is 2.22. The number of carbonyl (C=O) groups excluding carboxylic acids is 1. The highest BCUT2D eigenvalue weighted by atomic mass is 79.9. The van der Waals surface area contributed by atoms with E-state index in [4.69, 9.17) is 5.73 Å². The summed E-state index contributed by atoms with van der Waals surface area (Å²) < 4.78 is 0.775. The second-order valence-electron chi connectivity index (χ2n) is 4.67. The Morgan fingerprint density at radius 2 is 2.11 bits per heavy atom. The van der Waals surface area contributed by atoms with E-state index in [1.165, 1.54) is 0 Å². The van der Waals surface area contributed by atoms with E-state index >= 15 is 0 Å². The van der Waals surface area contributed by atoms with Crippen molar-refractivity contribution in [2.24, 2.45) is 0 Å². The molecule has 4 nitrogen and oxygen atoms in total. The van der Waals surface area contributed by atoms with Gasteiger partial charge in [-0.3, -0.25) is 4.79 Å². The third-order valence-corrected chi connectivity index (χ3v) is 4.03. The van der Waals surface area contributed by atoms with Gasteiger partial charge in [0.1, 0.15) is 0 Å². The average Bonchev–Trinajstić information content (AvgIpc) is 2.35. The summed E-state index contributed by atoms with van der Waals surface area (Å²) in [5, 5.41) is 12.7. The molecular formula is C13H17BrN2O2. The molecule has 98 valence electrons. The Labute approximate surface area is 115 Å². The second kappa shape index (κ2) is 5.71. The predicted octanol–water partition coefficient (Wildman–Crippen LogP) is 2.06. The van der Waals surface area contributed by atoms with Crippen molar-refractivity contribution in [2.75, 3.05) is 5.73 Å². The van der Waals surface area contributed by atoms with Crippen molar-refractivity contribution in [2.45, 2.75) is 37.8 Å². The molecule has 1 aromatic carbocycles. The Kier molecular flexibility index (Phi) is 4.24. The first-order valence-electron chi connectivity index (χ1n) is 6.12. The molecule has 1 aliphatic rings. The van der Waals surface area contributed by atoms with Gasteiger partial charge >= 0.3 is 0 Å². The number of benzene rings is 1. The fraction of sp³-hybridized carbons (Fsp3) is 0.462. The molecule has 18 heavy (non-hydrogen) atoms. The second-order valence-corrected chi connectivity index (χ2v) is 5.52. The number of aliphatic hydroxyl groups excluding tert-OH is 1. The Bertz CT molecular complexity index is 451. The maximum Gasteiger partial charge on any atom is 0.251 e. The molecular weight excluding hydrogens is 296 g/mol. The highest BCUT2D eigenvalue weighted by molar-refractivity contribution is 9.10. The summed E-state index contributed by atoms with van der Waals surface area (Å²) in [6, 6.07) is 4.96. The molecule has 5 heteroatoms. The van der Waals surface area contributed by atoms with E-state index in [1.54, 1.807) is 18.2 Å². The minimum absolute atomic E-state index is 0.142. The number of anilines is 1. The Morgan fingerprint density at radius 1 is 1.39 bits per heavy atom. The highest BCUT2D eigenvalue weighted by Gasteiger charge is 2.24. The molecule has 0 radical (unpaired) electrons. The van der Waals surface area contributed by atoms with Crippen LogP contribution in [-0.4, -0.2) is 23.2 Å². The van der Waals surface area contributed by atoms with E-state index in [-0.39, 0.29) is 11.9 Å². The van der Waals surface area contributed by atoms with Crippen LogP contribution in [0.3, 0.4) is 0 Å². The first-order chi connectivity index (χ1) is 8.58. The molecule has 0 spiro atoms. The standard InChI is InChI=1S/C13H17BrN2O2/c14-9-6-5-8(7-10(9)15)13(18)16-11-3-1-2-4-12(11)17/h5-7,11-12,17H,1-4,15H2,(H,16,18)/t11-,12-/m0/s1. The third-order valence-electron chi connectivity index (χ3n) is 3.30. The molecule has 0 aromatic heterocycles. The van der Waals surface area contributed by atoms with Crippen molar-refractivity contribution in [3.8, 4) is 0 Å². The van der Waals surface area contributed by atoms with Gasteiger partial charge in [0.2, 0.25) is 0 Å². The lowest BCUT2D eigenvalue weighted by Gasteiger charge is -2.28. The van der Waals surface area contributed by atoms with Crippen molar-refractivity contribution < 1.29 is 9.90 Å². The SMILES string of the molecule is Nc1cc(C(=O)N[C@H]2CCCC[C@@H]2O)ccc1Br. The van der Waals surface area contributed by atoms with Crippen molar-refractivity contribution in [3.05, 3.63) is 28.2 Å². The van der Waals surface area contributed by atoms with Crippen LogP contribution in [-0.2, 0) is 0 Å². The molecule has 1 amide bonds. The van der Waals surface area contributed by atoms with Gasteiger partial charge in [-0.25, -0.2) is 0 Å². The summed E-state index contributed by atoms with van der Waals surface area (Å²) >= 11 is 3.29. The lowest BCUT2D eigenvalue weighted by Crippen LogP contribution is -2.45. The number of aliphatic hydroxyl groups is 1. The Hall–Kier alpha value is -1.07. The van der Waals surface area contributed by atoms with Gasteiger partial charge in [0.15, 0.2) is 0 Å². The number of rotatable bonds is 2. The van der Waals surface area contributed by atoms with Crippen LogP contribution in [0, 0.1) is 0 Å². The number of hydrogen-bond acceptors (Lipinski definition) is 3. The molecule has 1 aliphatic carbocycles. The van der Waals surface area contributed by atoms with Crippen LogP contribution < -0.4 is 11.1 Å². The van der Waals surface area contributed by atoms with E-state index in [0.29, 0.717) is 11.3 Å². The van der Waals surface area contributed by atoms with Gasteiger partial charge in [-0.05, 0) is 47.0 Å². The number of hydrogen-bond donors (Lipinski definition) is 3. The molecule has 0 saturated heterocycles. The van der Waals surface area contributed by atoms with Gasteiger partial charge in [-0.2, -0.15) is 0 Å². The molecule has 1 saturated carbocycles. The number of carbonyl (C=O) groups is 1. The Morgan fingerprint density at radius 3 is 2.78 bits per heavy atom. The number of amides is 1. The molecule has 2 rings (SSSR count). The zero-order valence-corrected chi connectivity index (χ0v) is 11.6. The molecule has 0 unspecified atom stereocenters. The first kappa shape index (κ1) is 13.4. The van der Waals surface area contributed by atoms with Gasteiger partial charge in [0.25, 0.3) is 5.91 Å². The summed E-state index contributed by atoms with van der Waals surface area (Å²) in [6.07, 6.45) is 3.23. The van der Waals surface area contributed by atoms with E-state index in [0.717, 1.165) is 30.2 Å². The van der Waals surface area contributed by atoms with Crippen LogP contribution >= 0.6 is 15.9 Å². The monoisotopic (exact) mass is 312 g/mol. The molecule has 2 atom stereocenters. The van der Waals surface area contributed by atoms with Crippen LogP contribution in [0.4, 0.5) is 5.69 Å². The number of nitrogens with one attached hydrogen (secondary N) is 1. The van der Waals surface area contributed by atoms with Crippen molar-refractivity contribution in [1.82, 2.24) is 5.32 Å². The molecule has 0 bridgehead atoms. The number of nitrogen functional groups attached to an aromatic ring is 1. The number of nitrogens with two attached hydrogens (primary N) is 1. The maximum atomic E-state index is 12.0. The fourth-order valence-electron chi connectivity index (χ4n) is 2.22. The van der Waals surface area contributed by atoms with Gasteiger partial charge in [-0.15, -0.1) is 0 Å². The normalized spacial score (nSPS) is 23.7. The number of halogens is 1. The molecule has 4 N–H and O–H groups in total. The zero-order chi connectivity index (χ0) is 13.1. The van der Waals surface area contributed by atoms with Crippen LogP contribution in [0.2, 0.25) is 0 Å². The third kappa shape index (κ3) is 3.03. The van der Waals surface area contributed by atoms with Crippen LogP contribution in [0.25, 0.3) is 0 Å². The average molecular weight is 313 g/mol. The van der Waals surface area contributed by atoms with Gasteiger partial charge in [0, 0.05) is 15.7 Å². The topological polar surface area (TPSA) is 75.4 Å². The lowest BCUT2D eigenvalue weighted by molar-refractivity contribution is 0.0717. The van der Waals surface area contributed by atoms with E-state index in [2.05, 4.69) is 21.2 Å². The summed E-state index contributed by atoms with van der Waals surface area (Å²) in [4.78, 5) is 12.0. The van der Waals surface area contributed by atoms with Crippen LogP contribution in [0.15, 0.2) is 22.7 Å². The van der Waals surface area contributed by atoms with Crippen LogP contribution in [0.1, 0.15) is 36.0 Å². The first-order valence-corrected chi connectivity index (χ1v) is 6.91. The van der Waals surface area contributed by atoms with Crippen molar-refractivity contribution >= 4 is 27.5 Å². The largest absolute Gasteiger partial charge is 0.398 e. The van der Waals surface area contributed by atoms with E-state index < -0.39 is 6.10 Å². The van der Waals surface area contributed by atoms with Gasteiger partial charge in [-0.1, -0.05) is 12.8 Å². The molecule has 1 fully saturated rings. The smallest absolute Gasteiger partial charge is 0.251 e. The Balaban J connectivity index is 2.04. The van der Waals surface area contributed by atoms with Crippen molar-refractivity contribution in [3.63, 3.8) is 0 Å². The quantitative estimate of drug-likeness (QED) is 0.732. The molecule has 0 heterocycles. The summed E-state index contributed by atoms with van der Waals surface area (Å²) in [7, 11) is 0. The predicted molar refractivity (Wildman–Crippen MR) is 74.3 cm³/mol. The van der Waals surface area contributed by atoms with Crippen molar-refractivity contribution in [1.29, 1.82) is 0 Å².